The molecule has 8 heteroatoms. The average Bonchev–Trinajstić information content (AvgIpc) is 3.21. The van der Waals surface area contributed by atoms with Crippen LogP contribution >= 0.6 is 0 Å². The number of benzene rings is 1. The van der Waals surface area contributed by atoms with Crippen LogP contribution in [0.15, 0.2) is 58.2 Å². The minimum Gasteiger partial charge on any atom is -0.443 e. The zero-order valence-corrected chi connectivity index (χ0v) is 18.3. The van der Waals surface area contributed by atoms with E-state index in [1.54, 1.807) is 24.5 Å². The van der Waals surface area contributed by atoms with E-state index in [1.165, 1.54) is 12.1 Å². The second-order valence-corrected chi connectivity index (χ2v) is 7.94. The molecule has 0 aliphatic carbocycles. The SMILES string of the molecule is CCNC(=NCc1cccnc1Oc1cccc(F)c1)NCc1ncc(C(C)(C)C)o1. The Labute approximate surface area is 181 Å². The van der Waals surface area contributed by atoms with Gasteiger partial charge in [0.2, 0.25) is 11.8 Å². The number of ether oxygens (including phenoxy) is 1. The molecule has 3 aromatic rings. The summed E-state index contributed by atoms with van der Waals surface area (Å²) in [6, 6.07) is 9.63. The molecule has 1 aromatic carbocycles. The number of aromatic nitrogens is 2. The predicted octanol–water partition coefficient (Wildman–Crippen LogP) is 4.55. The molecule has 0 aliphatic heterocycles. The van der Waals surface area contributed by atoms with Gasteiger partial charge in [0.25, 0.3) is 0 Å². The Morgan fingerprint density at radius 2 is 2.00 bits per heavy atom. The highest BCUT2D eigenvalue weighted by Crippen LogP contribution is 2.24. The van der Waals surface area contributed by atoms with Crippen molar-refractivity contribution in [2.24, 2.45) is 4.99 Å². The van der Waals surface area contributed by atoms with Crippen molar-refractivity contribution in [3.8, 4) is 11.6 Å². The van der Waals surface area contributed by atoms with Crippen LogP contribution in [-0.4, -0.2) is 22.5 Å². The van der Waals surface area contributed by atoms with Crippen molar-refractivity contribution in [2.45, 2.75) is 46.2 Å². The van der Waals surface area contributed by atoms with Gasteiger partial charge in [0.05, 0.1) is 19.3 Å². The van der Waals surface area contributed by atoms with Crippen molar-refractivity contribution in [3.63, 3.8) is 0 Å². The summed E-state index contributed by atoms with van der Waals surface area (Å²) in [4.78, 5) is 13.2. The van der Waals surface area contributed by atoms with Gasteiger partial charge in [-0.05, 0) is 25.1 Å². The van der Waals surface area contributed by atoms with E-state index in [-0.39, 0.29) is 11.2 Å². The summed E-state index contributed by atoms with van der Waals surface area (Å²) in [7, 11) is 0. The third-order valence-corrected chi connectivity index (χ3v) is 4.31. The van der Waals surface area contributed by atoms with Crippen molar-refractivity contribution >= 4 is 5.96 Å². The molecule has 2 heterocycles. The summed E-state index contributed by atoms with van der Waals surface area (Å²) < 4.78 is 25.0. The molecule has 0 amide bonds. The number of rotatable bonds is 7. The number of hydrogen-bond acceptors (Lipinski definition) is 5. The van der Waals surface area contributed by atoms with Crippen LogP contribution in [0.5, 0.6) is 11.6 Å². The normalized spacial score (nSPS) is 12.0. The fourth-order valence-corrected chi connectivity index (χ4v) is 2.68. The monoisotopic (exact) mass is 425 g/mol. The fourth-order valence-electron chi connectivity index (χ4n) is 2.68. The van der Waals surface area contributed by atoms with Crippen molar-refractivity contribution in [1.29, 1.82) is 0 Å². The molecule has 0 aliphatic rings. The van der Waals surface area contributed by atoms with E-state index in [0.717, 1.165) is 11.3 Å². The molecule has 0 saturated heterocycles. The summed E-state index contributed by atoms with van der Waals surface area (Å²) in [5, 5.41) is 6.42. The average molecular weight is 426 g/mol. The standard InChI is InChI=1S/C23H28FN5O2/c1-5-25-22(29-15-20-27-14-19(31-20)23(2,3)4)28-13-16-8-7-11-26-21(16)30-18-10-6-9-17(24)12-18/h6-12,14H,5,13,15H2,1-4H3,(H2,25,28,29). The molecular weight excluding hydrogens is 397 g/mol. The Morgan fingerprint density at radius 3 is 2.71 bits per heavy atom. The van der Waals surface area contributed by atoms with Gasteiger partial charge in [-0.25, -0.2) is 19.4 Å². The Hall–Kier alpha value is -3.42. The van der Waals surface area contributed by atoms with E-state index >= 15 is 0 Å². The predicted molar refractivity (Wildman–Crippen MR) is 118 cm³/mol. The molecule has 0 atom stereocenters. The summed E-state index contributed by atoms with van der Waals surface area (Å²) in [6.07, 6.45) is 3.38. The van der Waals surface area contributed by atoms with E-state index in [1.807, 2.05) is 19.1 Å². The lowest BCUT2D eigenvalue weighted by Gasteiger charge is -2.13. The largest absolute Gasteiger partial charge is 0.443 e. The minimum atomic E-state index is -0.368. The maximum absolute atomic E-state index is 13.4. The summed E-state index contributed by atoms with van der Waals surface area (Å²) in [5.41, 5.74) is 0.678. The summed E-state index contributed by atoms with van der Waals surface area (Å²) in [5.74, 6) is 2.43. The molecule has 3 rings (SSSR count). The van der Waals surface area contributed by atoms with Gasteiger partial charge in [-0.3, -0.25) is 0 Å². The topological polar surface area (TPSA) is 84.6 Å². The first-order valence-electron chi connectivity index (χ1n) is 10.2. The Bertz CT molecular complexity index is 1030. The lowest BCUT2D eigenvalue weighted by atomic mass is 9.94. The van der Waals surface area contributed by atoms with Gasteiger partial charge in [-0.2, -0.15) is 0 Å². The zero-order valence-electron chi connectivity index (χ0n) is 18.3. The number of guanidine groups is 1. The van der Waals surface area contributed by atoms with E-state index in [9.17, 15) is 4.39 Å². The molecule has 2 N–H and O–H groups in total. The third kappa shape index (κ3) is 6.53. The molecule has 0 spiro atoms. The highest BCUT2D eigenvalue weighted by atomic mass is 19.1. The quantitative estimate of drug-likeness (QED) is 0.427. The number of nitrogens with one attached hydrogen (secondary N) is 2. The van der Waals surface area contributed by atoms with Crippen LogP contribution in [0.1, 0.15) is 44.9 Å². The number of aliphatic imine (C=N–C) groups is 1. The molecule has 0 unspecified atom stereocenters. The zero-order chi connectivity index (χ0) is 22.3. The third-order valence-electron chi connectivity index (χ3n) is 4.31. The summed E-state index contributed by atoms with van der Waals surface area (Å²) in [6.45, 7) is 9.65. The highest BCUT2D eigenvalue weighted by molar-refractivity contribution is 5.79. The van der Waals surface area contributed by atoms with Crippen molar-refractivity contribution in [1.82, 2.24) is 20.6 Å². The maximum atomic E-state index is 13.4. The number of nitrogens with zero attached hydrogens (tertiary/aromatic N) is 3. The molecular formula is C23H28FN5O2. The first-order valence-corrected chi connectivity index (χ1v) is 10.2. The van der Waals surface area contributed by atoms with Gasteiger partial charge < -0.3 is 19.8 Å². The molecule has 31 heavy (non-hydrogen) atoms. The van der Waals surface area contributed by atoms with Crippen molar-refractivity contribution in [2.75, 3.05) is 6.54 Å². The van der Waals surface area contributed by atoms with E-state index < -0.39 is 0 Å². The molecule has 0 radical (unpaired) electrons. The number of halogens is 1. The van der Waals surface area contributed by atoms with Gasteiger partial charge >= 0.3 is 0 Å². The first-order chi connectivity index (χ1) is 14.8. The Morgan fingerprint density at radius 1 is 1.16 bits per heavy atom. The smallest absolute Gasteiger partial charge is 0.224 e. The number of hydrogen-bond donors (Lipinski definition) is 2. The number of pyridine rings is 1. The molecule has 2 aromatic heterocycles. The molecule has 7 nitrogen and oxygen atoms in total. The van der Waals surface area contributed by atoms with Crippen LogP contribution in [0, 0.1) is 5.82 Å². The van der Waals surface area contributed by atoms with Gasteiger partial charge in [-0.15, -0.1) is 0 Å². The van der Waals surface area contributed by atoms with E-state index in [4.69, 9.17) is 9.15 Å². The molecule has 0 bridgehead atoms. The lowest BCUT2D eigenvalue weighted by molar-refractivity contribution is 0.379. The van der Waals surface area contributed by atoms with Gasteiger partial charge in [0, 0.05) is 29.8 Å². The van der Waals surface area contributed by atoms with Gasteiger partial charge in [0.15, 0.2) is 5.96 Å². The van der Waals surface area contributed by atoms with Crippen molar-refractivity contribution < 1.29 is 13.5 Å². The fraction of sp³-hybridized carbons (Fsp3) is 0.348. The maximum Gasteiger partial charge on any atom is 0.224 e. The van der Waals surface area contributed by atoms with Crippen LogP contribution in [0.2, 0.25) is 0 Å². The highest BCUT2D eigenvalue weighted by Gasteiger charge is 2.19. The molecule has 0 saturated carbocycles. The minimum absolute atomic E-state index is 0.0950. The Kier molecular flexibility index (Phi) is 7.23. The van der Waals surface area contributed by atoms with E-state index in [2.05, 4.69) is 46.4 Å². The van der Waals surface area contributed by atoms with Crippen LogP contribution in [0.25, 0.3) is 0 Å². The molecule has 164 valence electrons. The van der Waals surface area contributed by atoms with E-state index in [0.29, 0.717) is 43.1 Å². The van der Waals surface area contributed by atoms with Crippen LogP contribution < -0.4 is 15.4 Å². The lowest BCUT2D eigenvalue weighted by Crippen LogP contribution is -2.36. The second kappa shape index (κ2) is 10.1. The second-order valence-electron chi connectivity index (χ2n) is 7.94. The van der Waals surface area contributed by atoms with Gasteiger partial charge in [0.1, 0.15) is 17.3 Å². The number of oxazole rings is 1. The Balaban J connectivity index is 1.68. The van der Waals surface area contributed by atoms with Crippen LogP contribution in [0.4, 0.5) is 4.39 Å². The van der Waals surface area contributed by atoms with Crippen LogP contribution in [0.3, 0.4) is 0 Å². The van der Waals surface area contributed by atoms with Crippen LogP contribution in [-0.2, 0) is 18.5 Å². The molecule has 0 fully saturated rings. The van der Waals surface area contributed by atoms with Crippen molar-refractivity contribution in [3.05, 3.63) is 71.8 Å². The van der Waals surface area contributed by atoms with Gasteiger partial charge in [-0.1, -0.05) is 32.9 Å². The first kappa shape index (κ1) is 22.3. The summed E-state index contributed by atoms with van der Waals surface area (Å²) >= 11 is 0.